The van der Waals surface area contributed by atoms with Crippen LogP contribution in [0.2, 0.25) is 0 Å². The molecule has 1 spiro atoms. The molecule has 2 saturated heterocycles. The van der Waals surface area contributed by atoms with Gasteiger partial charge in [-0.1, -0.05) is 27.7 Å². The maximum absolute atomic E-state index is 6.94. The zero-order chi connectivity index (χ0) is 21.6. The van der Waals surface area contributed by atoms with E-state index in [4.69, 9.17) is 15.2 Å². The highest BCUT2D eigenvalue weighted by molar-refractivity contribution is 5.15. The van der Waals surface area contributed by atoms with Gasteiger partial charge in [-0.05, 0) is 117 Å². The SMILES string of the molecule is C[C@@H]1CC[C@@]2(OC1)O[C@H]1CC3C4CCC5C[C@H](CN)CC[C@]5(C)C4CC[C@]3(C)[C@H]1[C@@H]2C. The van der Waals surface area contributed by atoms with Crippen molar-refractivity contribution in [1.29, 1.82) is 0 Å². The van der Waals surface area contributed by atoms with Crippen LogP contribution in [0.4, 0.5) is 0 Å². The molecule has 3 heteroatoms. The molecule has 0 aromatic rings. The van der Waals surface area contributed by atoms with Crippen molar-refractivity contribution < 1.29 is 9.47 Å². The number of hydrogen-bond donors (Lipinski definition) is 1. The summed E-state index contributed by atoms with van der Waals surface area (Å²) >= 11 is 0. The van der Waals surface area contributed by atoms with E-state index < -0.39 is 0 Å². The zero-order valence-electron chi connectivity index (χ0n) is 20.6. The van der Waals surface area contributed by atoms with Crippen molar-refractivity contribution in [3.63, 3.8) is 0 Å². The van der Waals surface area contributed by atoms with E-state index in [1.807, 2.05) is 0 Å². The average Bonchev–Trinajstić information content (AvgIpc) is 3.20. The summed E-state index contributed by atoms with van der Waals surface area (Å²) in [5.41, 5.74) is 7.13. The first kappa shape index (κ1) is 21.4. The summed E-state index contributed by atoms with van der Waals surface area (Å²) in [7, 11) is 0. The second-order valence-electron chi connectivity index (χ2n) is 13.6. The number of rotatable bonds is 1. The third-order valence-electron chi connectivity index (χ3n) is 12.4. The van der Waals surface area contributed by atoms with Gasteiger partial charge in [0.1, 0.15) is 0 Å². The van der Waals surface area contributed by atoms with Crippen molar-refractivity contribution in [2.24, 2.45) is 63.9 Å². The molecule has 176 valence electrons. The molecule has 0 radical (unpaired) electrons. The molecule has 4 saturated carbocycles. The molecule has 2 heterocycles. The first-order chi connectivity index (χ1) is 14.8. The van der Waals surface area contributed by atoms with E-state index in [2.05, 4.69) is 27.7 Å². The van der Waals surface area contributed by atoms with Gasteiger partial charge in [0.15, 0.2) is 5.79 Å². The minimum absolute atomic E-state index is 0.267. The van der Waals surface area contributed by atoms with Gasteiger partial charge in [0.05, 0.1) is 12.7 Å². The van der Waals surface area contributed by atoms with Crippen molar-refractivity contribution in [1.82, 2.24) is 0 Å². The number of ether oxygens (including phenoxy) is 2. The molecule has 6 fully saturated rings. The van der Waals surface area contributed by atoms with Crippen molar-refractivity contribution in [3.8, 4) is 0 Å². The monoisotopic (exact) mass is 429 g/mol. The smallest absolute Gasteiger partial charge is 0.171 e. The zero-order valence-corrected chi connectivity index (χ0v) is 20.6. The Morgan fingerprint density at radius 3 is 2.42 bits per heavy atom. The fourth-order valence-electron chi connectivity index (χ4n) is 10.6. The van der Waals surface area contributed by atoms with Crippen LogP contribution in [0, 0.1) is 58.2 Å². The van der Waals surface area contributed by atoms with Crippen LogP contribution in [-0.4, -0.2) is 25.0 Å². The lowest BCUT2D eigenvalue weighted by atomic mass is 9.44. The maximum Gasteiger partial charge on any atom is 0.171 e. The van der Waals surface area contributed by atoms with Crippen LogP contribution >= 0.6 is 0 Å². The third-order valence-corrected chi connectivity index (χ3v) is 12.4. The lowest BCUT2D eigenvalue weighted by molar-refractivity contribution is -0.273. The fraction of sp³-hybridized carbons (Fsp3) is 1.00. The lowest BCUT2D eigenvalue weighted by Crippen LogP contribution is -2.55. The van der Waals surface area contributed by atoms with Crippen LogP contribution in [0.3, 0.4) is 0 Å². The van der Waals surface area contributed by atoms with Gasteiger partial charge in [-0.3, -0.25) is 0 Å². The second-order valence-corrected chi connectivity index (χ2v) is 13.6. The third kappa shape index (κ3) is 2.88. The molecule has 6 rings (SSSR count). The first-order valence-corrected chi connectivity index (χ1v) is 13.8. The normalized spacial score (nSPS) is 60.9. The van der Waals surface area contributed by atoms with Crippen LogP contribution in [0.25, 0.3) is 0 Å². The molecule has 12 atom stereocenters. The number of fused-ring (bicyclic) bond motifs is 7. The molecule has 0 bridgehead atoms. The van der Waals surface area contributed by atoms with Crippen LogP contribution in [0.5, 0.6) is 0 Å². The van der Waals surface area contributed by atoms with Crippen LogP contribution in [-0.2, 0) is 9.47 Å². The molecule has 3 nitrogen and oxygen atoms in total. The van der Waals surface area contributed by atoms with Gasteiger partial charge < -0.3 is 15.2 Å². The Balaban J connectivity index is 1.24. The quantitative estimate of drug-likeness (QED) is 0.555. The minimum Gasteiger partial charge on any atom is -0.349 e. The topological polar surface area (TPSA) is 44.5 Å². The van der Waals surface area contributed by atoms with E-state index >= 15 is 0 Å². The summed E-state index contributed by atoms with van der Waals surface area (Å²) in [6.07, 6.45) is 14.1. The van der Waals surface area contributed by atoms with E-state index in [1.165, 1.54) is 57.8 Å². The number of hydrogen-bond acceptors (Lipinski definition) is 3. The van der Waals surface area contributed by atoms with Gasteiger partial charge in [0.2, 0.25) is 0 Å². The predicted octanol–water partition coefficient (Wildman–Crippen LogP) is 6.01. The van der Waals surface area contributed by atoms with Crippen LogP contribution < -0.4 is 5.73 Å². The highest BCUT2D eigenvalue weighted by Gasteiger charge is 2.69. The summed E-state index contributed by atoms with van der Waals surface area (Å²) in [5, 5.41) is 0. The molecular formula is C28H47NO2. The van der Waals surface area contributed by atoms with Gasteiger partial charge in [-0.15, -0.1) is 0 Å². The molecule has 0 aromatic heterocycles. The average molecular weight is 430 g/mol. The Morgan fingerprint density at radius 1 is 0.871 bits per heavy atom. The largest absolute Gasteiger partial charge is 0.349 e. The van der Waals surface area contributed by atoms with E-state index in [0.29, 0.717) is 34.7 Å². The minimum atomic E-state index is -0.267. The molecule has 4 unspecified atom stereocenters. The van der Waals surface area contributed by atoms with E-state index in [1.54, 1.807) is 0 Å². The Hall–Kier alpha value is -0.120. The first-order valence-electron chi connectivity index (χ1n) is 13.8. The standard InChI is InChI=1S/C28H47NO2/c1-17-7-12-28(30-16-17)18(2)25-24(31-28)14-23-21-6-5-20-13-19(15-29)8-10-26(20,3)22(21)9-11-27(23,25)4/h17-25H,5-16,29H2,1-4H3/t17-,18+,19-,20?,21?,22?,23?,24+,25+,26+,27+,28-/m1/s1. The molecule has 31 heavy (non-hydrogen) atoms. The fourth-order valence-corrected chi connectivity index (χ4v) is 10.6. The van der Waals surface area contributed by atoms with Crippen molar-refractivity contribution in [2.45, 2.75) is 104 Å². The van der Waals surface area contributed by atoms with Gasteiger partial charge in [-0.2, -0.15) is 0 Å². The Morgan fingerprint density at radius 2 is 1.68 bits per heavy atom. The van der Waals surface area contributed by atoms with Crippen molar-refractivity contribution in [2.75, 3.05) is 13.2 Å². The van der Waals surface area contributed by atoms with Crippen LogP contribution in [0.15, 0.2) is 0 Å². The number of nitrogens with two attached hydrogens (primary N) is 1. The van der Waals surface area contributed by atoms with Crippen LogP contribution in [0.1, 0.15) is 91.9 Å². The highest BCUT2D eigenvalue weighted by atomic mass is 16.7. The summed E-state index contributed by atoms with van der Waals surface area (Å²) in [6, 6.07) is 0. The molecule has 6 aliphatic rings. The molecule has 0 amide bonds. The summed E-state index contributed by atoms with van der Waals surface area (Å²) in [4.78, 5) is 0. The Bertz CT molecular complexity index is 701. The van der Waals surface area contributed by atoms with Gasteiger partial charge in [0, 0.05) is 12.3 Å². The Kier molecular flexibility index (Phi) is 4.97. The van der Waals surface area contributed by atoms with Gasteiger partial charge in [-0.25, -0.2) is 0 Å². The molecule has 4 aliphatic carbocycles. The van der Waals surface area contributed by atoms with E-state index in [-0.39, 0.29) is 5.79 Å². The predicted molar refractivity (Wildman–Crippen MR) is 124 cm³/mol. The van der Waals surface area contributed by atoms with Crippen molar-refractivity contribution >= 4 is 0 Å². The Labute approximate surface area is 190 Å². The summed E-state index contributed by atoms with van der Waals surface area (Å²) in [5.74, 6) is 6.12. The molecule has 0 aromatic carbocycles. The van der Waals surface area contributed by atoms with Gasteiger partial charge in [0.25, 0.3) is 0 Å². The molecular weight excluding hydrogens is 382 g/mol. The highest BCUT2D eigenvalue weighted by Crippen LogP contribution is 2.71. The molecule has 2 aliphatic heterocycles. The maximum atomic E-state index is 6.94. The van der Waals surface area contributed by atoms with E-state index in [9.17, 15) is 0 Å². The second kappa shape index (κ2) is 7.19. The van der Waals surface area contributed by atoms with Gasteiger partial charge >= 0.3 is 0 Å². The summed E-state index contributed by atoms with van der Waals surface area (Å²) < 4.78 is 13.4. The van der Waals surface area contributed by atoms with E-state index in [0.717, 1.165) is 49.2 Å². The summed E-state index contributed by atoms with van der Waals surface area (Å²) in [6.45, 7) is 11.9. The van der Waals surface area contributed by atoms with Crippen molar-refractivity contribution in [3.05, 3.63) is 0 Å². The lowest BCUT2D eigenvalue weighted by Gasteiger charge is -2.61. The molecule has 2 N–H and O–H groups in total.